The Labute approximate surface area is 214 Å². The molecule has 190 valence electrons. The lowest BCUT2D eigenvalue weighted by Gasteiger charge is -2.25. The molecule has 2 heterocycles. The molecular weight excluding hydrogens is 567 g/mol. The first-order valence-corrected chi connectivity index (χ1v) is 12.0. The highest BCUT2D eigenvalue weighted by molar-refractivity contribution is 8.93. The van der Waals surface area contributed by atoms with Crippen LogP contribution in [0.2, 0.25) is 0 Å². The molecule has 4 rings (SSSR count). The summed E-state index contributed by atoms with van der Waals surface area (Å²) in [6.45, 7) is 0. The predicted octanol–water partition coefficient (Wildman–Crippen LogP) is 4.70. The number of carbonyl (C=O) groups excluding carboxylic acids is 2. The zero-order chi connectivity index (χ0) is 25.5. The number of nitrogens with zero attached hydrogens (tertiary/aromatic N) is 2. The van der Waals surface area contributed by atoms with Crippen molar-refractivity contribution >= 4 is 61.0 Å². The standard InChI is InChI=1S/C23H18F3N3O5S.BrH/c1-34-22-17-9-14(13-3-5-15(6-4-13)28-35(2,32)33)12-27-21(17)19(11-18(22)23(24,25)26)29-8-7-16(30)10-20(29)31;/h3-9,11-12,28H,10H2,1-2H3;1H. The average molecular weight is 586 g/mol. The number of carbonyl (C=O) groups is 2. The molecule has 1 amide bonds. The lowest BCUT2D eigenvalue weighted by atomic mass is 10.0. The third kappa shape index (κ3) is 5.51. The molecular formula is C23H19BrF3N3O5S. The molecule has 1 N–H and O–H groups in total. The van der Waals surface area contributed by atoms with Gasteiger partial charge in [0.05, 0.1) is 31.0 Å². The molecule has 8 nitrogen and oxygen atoms in total. The lowest BCUT2D eigenvalue weighted by Crippen LogP contribution is -2.31. The third-order valence-corrected chi connectivity index (χ3v) is 5.80. The number of methoxy groups -OCH3 is 1. The number of amides is 1. The highest BCUT2D eigenvalue weighted by Crippen LogP contribution is 2.45. The predicted molar refractivity (Wildman–Crippen MR) is 134 cm³/mol. The van der Waals surface area contributed by atoms with Crippen LogP contribution in [-0.2, 0) is 25.8 Å². The van der Waals surface area contributed by atoms with Gasteiger partial charge in [-0.2, -0.15) is 13.2 Å². The molecule has 0 saturated carbocycles. The van der Waals surface area contributed by atoms with E-state index in [2.05, 4.69) is 9.71 Å². The van der Waals surface area contributed by atoms with Crippen molar-refractivity contribution < 1.29 is 35.9 Å². The molecule has 2 aromatic carbocycles. The Balaban J connectivity index is 0.00000361. The Bertz CT molecular complexity index is 1490. The Hall–Kier alpha value is -3.45. The van der Waals surface area contributed by atoms with Crippen molar-refractivity contribution in [2.24, 2.45) is 0 Å². The summed E-state index contributed by atoms with van der Waals surface area (Å²) in [7, 11) is -2.38. The van der Waals surface area contributed by atoms with Gasteiger partial charge in [0, 0.05) is 29.0 Å². The van der Waals surface area contributed by atoms with Crippen molar-refractivity contribution in [3.63, 3.8) is 0 Å². The van der Waals surface area contributed by atoms with Crippen LogP contribution in [-0.4, -0.2) is 38.5 Å². The molecule has 3 aromatic rings. The smallest absolute Gasteiger partial charge is 0.420 e. The number of anilines is 2. The zero-order valence-corrected chi connectivity index (χ0v) is 21.3. The molecule has 0 spiro atoms. The summed E-state index contributed by atoms with van der Waals surface area (Å²) in [5.41, 5.74) is 0.130. The molecule has 1 aliphatic heterocycles. The van der Waals surface area contributed by atoms with E-state index >= 15 is 0 Å². The summed E-state index contributed by atoms with van der Waals surface area (Å²) >= 11 is 0. The molecule has 0 bridgehead atoms. The molecule has 36 heavy (non-hydrogen) atoms. The second kappa shape index (κ2) is 9.90. The van der Waals surface area contributed by atoms with Gasteiger partial charge < -0.3 is 4.74 Å². The first kappa shape index (κ1) is 27.1. The van der Waals surface area contributed by atoms with E-state index in [-0.39, 0.29) is 33.6 Å². The minimum Gasteiger partial charge on any atom is -0.495 e. The van der Waals surface area contributed by atoms with Crippen LogP contribution in [0.4, 0.5) is 24.5 Å². The van der Waals surface area contributed by atoms with Crippen LogP contribution >= 0.6 is 17.0 Å². The summed E-state index contributed by atoms with van der Waals surface area (Å²) in [5.74, 6) is -1.61. The first-order chi connectivity index (χ1) is 16.4. The minimum atomic E-state index is -4.80. The van der Waals surface area contributed by atoms with Crippen LogP contribution in [0, 0.1) is 0 Å². The van der Waals surface area contributed by atoms with E-state index in [0.717, 1.165) is 36.6 Å². The molecule has 1 aromatic heterocycles. The van der Waals surface area contributed by atoms with Crippen LogP contribution in [0.3, 0.4) is 0 Å². The van der Waals surface area contributed by atoms with Crippen molar-refractivity contribution in [1.29, 1.82) is 0 Å². The average Bonchev–Trinajstić information content (AvgIpc) is 2.76. The number of ketones is 1. The van der Waals surface area contributed by atoms with Crippen molar-refractivity contribution in [3.8, 4) is 16.9 Å². The summed E-state index contributed by atoms with van der Waals surface area (Å²) in [4.78, 5) is 29.3. The molecule has 0 unspecified atom stereocenters. The molecule has 0 radical (unpaired) electrons. The maximum Gasteiger partial charge on any atom is 0.420 e. The second-order valence-electron chi connectivity index (χ2n) is 7.77. The lowest BCUT2D eigenvalue weighted by molar-refractivity contribution is -0.138. The molecule has 1 aliphatic rings. The Morgan fingerprint density at radius 1 is 1.08 bits per heavy atom. The van der Waals surface area contributed by atoms with Gasteiger partial charge in [0.1, 0.15) is 11.3 Å². The largest absolute Gasteiger partial charge is 0.495 e. The Morgan fingerprint density at radius 2 is 1.75 bits per heavy atom. The summed E-state index contributed by atoms with van der Waals surface area (Å²) in [5, 5.41) is 0.00580. The van der Waals surface area contributed by atoms with Crippen molar-refractivity contribution in [2.75, 3.05) is 23.0 Å². The van der Waals surface area contributed by atoms with Gasteiger partial charge in [-0.25, -0.2) is 8.42 Å². The van der Waals surface area contributed by atoms with Gasteiger partial charge in [-0.1, -0.05) is 12.1 Å². The fourth-order valence-electron chi connectivity index (χ4n) is 3.72. The van der Waals surface area contributed by atoms with E-state index in [1.807, 2.05) is 0 Å². The molecule has 0 fully saturated rings. The Morgan fingerprint density at radius 3 is 2.31 bits per heavy atom. The molecule has 13 heteroatoms. The van der Waals surface area contributed by atoms with Crippen LogP contribution < -0.4 is 14.4 Å². The van der Waals surface area contributed by atoms with Crippen molar-refractivity contribution in [2.45, 2.75) is 12.6 Å². The number of halogens is 4. The number of hydrogen-bond acceptors (Lipinski definition) is 6. The Kier molecular flexibility index (Phi) is 7.46. The summed E-state index contributed by atoms with van der Waals surface area (Å²) < 4.78 is 72.1. The highest BCUT2D eigenvalue weighted by atomic mass is 79.9. The number of rotatable bonds is 5. The van der Waals surface area contributed by atoms with E-state index in [4.69, 9.17) is 4.74 Å². The van der Waals surface area contributed by atoms with Crippen molar-refractivity contribution in [3.05, 3.63) is 60.4 Å². The molecule has 0 atom stereocenters. The van der Waals surface area contributed by atoms with Crippen LogP contribution in [0.25, 0.3) is 22.0 Å². The number of allylic oxidation sites excluding steroid dienone is 1. The number of ether oxygens (including phenoxy) is 1. The van der Waals surface area contributed by atoms with Gasteiger partial charge in [0.25, 0.3) is 0 Å². The number of sulfonamides is 1. The van der Waals surface area contributed by atoms with Gasteiger partial charge in [0.15, 0.2) is 5.78 Å². The zero-order valence-electron chi connectivity index (χ0n) is 18.8. The van der Waals surface area contributed by atoms with E-state index in [0.29, 0.717) is 16.8 Å². The van der Waals surface area contributed by atoms with Crippen LogP contribution in [0.15, 0.2) is 54.9 Å². The fourth-order valence-corrected chi connectivity index (χ4v) is 4.29. The van der Waals surface area contributed by atoms with E-state index in [1.165, 1.54) is 24.4 Å². The highest BCUT2D eigenvalue weighted by Gasteiger charge is 2.37. The van der Waals surface area contributed by atoms with Gasteiger partial charge in [-0.3, -0.25) is 24.2 Å². The van der Waals surface area contributed by atoms with Crippen LogP contribution in [0.1, 0.15) is 12.0 Å². The first-order valence-electron chi connectivity index (χ1n) is 10.1. The number of aromatic nitrogens is 1. The number of nitrogens with one attached hydrogen (secondary N) is 1. The van der Waals surface area contributed by atoms with E-state index in [1.54, 1.807) is 12.1 Å². The van der Waals surface area contributed by atoms with Crippen molar-refractivity contribution in [1.82, 2.24) is 4.98 Å². The third-order valence-electron chi connectivity index (χ3n) is 5.19. The summed E-state index contributed by atoms with van der Waals surface area (Å²) in [6.07, 6.45) is -0.613. The number of benzene rings is 2. The second-order valence-corrected chi connectivity index (χ2v) is 9.52. The van der Waals surface area contributed by atoms with Gasteiger partial charge in [-0.15, -0.1) is 17.0 Å². The number of alkyl halides is 3. The maximum absolute atomic E-state index is 13.9. The number of pyridine rings is 1. The monoisotopic (exact) mass is 585 g/mol. The molecule has 0 aliphatic carbocycles. The minimum absolute atomic E-state index is 0. The molecule has 0 saturated heterocycles. The van der Waals surface area contributed by atoms with E-state index < -0.39 is 45.6 Å². The quantitative estimate of drug-likeness (QED) is 0.435. The number of fused-ring (bicyclic) bond motifs is 1. The normalized spacial score (nSPS) is 14.1. The SMILES string of the molecule is Br.COc1c(C(F)(F)F)cc(N2C=CC(=O)CC2=O)c2ncc(-c3ccc(NS(C)(=O)=O)cc3)cc12. The van der Waals surface area contributed by atoms with Crippen LogP contribution in [0.5, 0.6) is 5.75 Å². The summed E-state index contributed by atoms with van der Waals surface area (Å²) in [6, 6.07) is 8.40. The maximum atomic E-state index is 13.9. The van der Waals surface area contributed by atoms with Gasteiger partial charge in [-0.05, 0) is 35.9 Å². The van der Waals surface area contributed by atoms with Gasteiger partial charge in [0.2, 0.25) is 15.9 Å². The van der Waals surface area contributed by atoms with Gasteiger partial charge >= 0.3 is 6.18 Å². The van der Waals surface area contributed by atoms with E-state index in [9.17, 15) is 31.2 Å². The number of hydrogen-bond donors (Lipinski definition) is 1. The fraction of sp³-hybridized carbons (Fsp3) is 0.174. The topological polar surface area (TPSA) is 106 Å².